The predicted octanol–water partition coefficient (Wildman–Crippen LogP) is 8.46. The van der Waals surface area contributed by atoms with Crippen LogP contribution in [0.3, 0.4) is 0 Å². The van der Waals surface area contributed by atoms with Crippen LogP contribution in [0.1, 0.15) is 0 Å². The fourth-order valence-electron chi connectivity index (χ4n) is 4.23. The van der Waals surface area contributed by atoms with Crippen LogP contribution in [0.25, 0.3) is 33.4 Å². The second kappa shape index (κ2) is 8.95. The Bertz CT molecular complexity index is 1310. The molecule has 0 aromatic heterocycles. The van der Waals surface area contributed by atoms with Crippen molar-refractivity contribution in [1.29, 1.82) is 0 Å². The summed E-state index contributed by atoms with van der Waals surface area (Å²) in [5.74, 6) is 0. The van der Waals surface area contributed by atoms with Gasteiger partial charge in [0, 0.05) is 24.0 Å². The first kappa shape index (κ1) is 19.8. The lowest BCUT2D eigenvalue weighted by Gasteiger charge is -2.24. The lowest BCUT2D eigenvalue weighted by atomic mass is 9.93. The van der Waals surface area contributed by atoms with E-state index in [0.717, 1.165) is 5.69 Å². The van der Waals surface area contributed by atoms with Crippen LogP contribution in [-0.2, 0) is 0 Å². The number of para-hydroxylation sites is 1. The maximum atomic E-state index is 2.30. The van der Waals surface area contributed by atoms with E-state index < -0.39 is 0 Å². The van der Waals surface area contributed by atoms with E-state index in [-0.39, 0.29) is 0 Å². The summed E-state index contributed by atoms with van der Waals surface area (Å²) < 4.78 is 0. The Labute approximate surface area is 190 Å². The van der Waals surface area contributed by atoms with Gasteiger partial charge in [0.2, 0.25) is 0 Å². The molecule has 0 fully saturated rings. The molecule has 0 spiro atoms. The molecule has 5 rings (SSSR count). The number of hydrogen-bond acceptors (Lipinski definition) is 1. The molecular formula is C31H25N. The number of rotatable bonds is 5. The number of benzene rings is 5. The first-order valence-electron chi connectivity index (χ1n) is 10.9. The van der Waals surface area contributed by atoms with Gasteiger partial charge in [0.25, 0.3) is 0 Å². The van der Waals surface area contributed by atoms with Gasteiger partial charge in [-0.3, -0.25) is 0 Å². The Balaban J connectivity index is 1.63. The molecule has 0 saturated carbocycles. The van der Waals surface area contributed by atoms with Crippen molar-refractivity contribution in [2.75, 3.05) is 11.9 Å². The largest absolute Gasteiger partial charge is 0.344 e. The quantitative estimate of drug-likeness (QED) is 0.280. The molecule has 5 aromatic rings. The summed E-state index contributed by atoms with van der Waals surface area (Å²) in [7, 11) is 2.15. The third-order valence-corrected chi connectivity index (χ3v) is 5.91. The first-order valence-corrected chi connectivity index (χ1v) is 10.9. The maximum absolute atomic E-state index is 2.30. The zero-order valence-electron chi connectivity index (χ0n) is 18.1. The van der Waals surface area contributed by atoms with Crippen LogP contribution >= 0.6 is 0 Å². The average molecular weight is 412 g/mol. The molecular weight excluding hydrogens is 386 g/mol. The predicted molar refractivity (Wildman–Crippen MR) is 137 cm³/mol. The number of anilines is 2. The van der Waals surface area contributed by atoms with Crippen LogP contribution in [0.5, 0.6) is 0 Å². The minimum absolute atomic E-state index is 1.16. The molecule has 1 heteroatoms. The van der Waals surface area contributed by atoms with Crippen LogP contribution < -0.4 is 4.90 Å². The van der Waals surface area contributed by atoms with Gasteiger partial charge in [-0.1, -0.05) is 115 Å². The summed E-state index contributed by atoms with van der Waals surface area (Å²) in [5.41, 5.74) is 9.71. The molecule has 0 radical (unpaired) electrons. The number of nitrogens with zero attached hydrogens (tertiary/aromatic N) is 1. The molecule has 5 aromatic carbocycles. The van der Waals surface area contributed by atoms with Crippen LogP contribution in [0, 0.1) is 0 Å². The maximum Gasteiger partial charge on any atom is 0.0487 e. The van der Waals surface area contributed by atoms with Gasteiger partial charge in [-0.15, -0.1) is 0 Å². The summed E-state index contributed by atoms with van der Waals surface area (Å²) in [6.07, 6.45) is 0. The van der Waals surface area contributed by atoms with Crippen molar-refractivity contribution in [2.24, 2.45) is 0 Å². The highest BCUT2D eigenvalue weighted by Crippen LogP contribution is 2.39. The van der Waals surface area contributed by atoms with E-state index in [0.29, 0.717) is 0 Å². The molecule has 1 nitrogen and oxygen atoms in total. The summed E-state index contributed by atoms with van der Waals surface area (Å²) >= 11 is 0. The SMILES string of the molecule is CN(c1ccc(-c2ccccc2)c(-c2ccccc2)c1)c1ccccc1-c1ccccc1. The highest BCUT2D eigenvalue weighted by Gasteiger charge is 2.14. The van der Waals surface area contributed by atoms with Crippen LogP contribution in [-0.4, -0.2) is 7.05 Å². The first-order chi connectivity index (χ1) is 15.8. The van der Waals surface area contributed by atoms with E-state index in [4.69, 9.17) is 0 Å². The molecule has 154 valence electrons. The summed E-state index contributed by atoms with van der Waals surface area (Å²) in [6.45, 7) is 0. The van der Waals surface area contributed by atoms with Gasteiger partial charge in [0.15, 0.2) is 0 Å². The third-order valence-electron chi connectivity index (χ3n) is 5.91. The molecule has 0 unspecified atom stereocenters. The fourth-order valence-corrected chi connectivity index (χ4v) is 4.23. The smallest absolute Gasteiger partial charge is 0.0487 e. The van der Waals surface area contributed by atoms with Crippen molar-refractivity contribution in [3.8, 4) is 33.4 Å². The van der Waals surface area contributed by atoms with Crippen LogP contribution in [0.4, 0.5) is 11.4 Å². The van der Waals surface area contributed by atoms with E-state index in [2.05, 4.69) is 145 Å². The molecule has 32 heavy (non-hydrogen) atoms. The lowest BCUT2D eigenvalue weighted by molar-refractivity contribution is 1.21. The normalized spacial score (nSPS) is 10.7. The zero-order chi connectivity index (χ0) is 21.8. The fraction of sp³-hybridized carbons (Fsp3) is 0.0323. The Kier molecular flexibility index (Phi) is 5.55. The van der Waals surface area contributed by atoms with Gasteiger partial charge in [-0.2, -0.15) is 0 Å². The van der Waals surface area contributed by atoms with Gasteiger partial charge in [-0.25, -0.2) is 0 Å². The van der Waals surface area contributed by atoms with Gasteiger partial charge in [0.05, 0.1) is 0 Å². The molecule has 0 bridgehead atoms. The Morgan fingerprint density at radius 2 is 0.875 bits per heavy atom. The van der Waals surface area contributed by atoms with E-state index in [1.807, 2.05) is 0 Å². The van der Waals surface area contributed by atoms with Gasteiger partial charge >= 0.3 is 0 Å². The van der Waals surface area contributed by atoms with Gasteiger partial charge in [0.1, 0.15) is 0 Å². The van der Waals surface area contributed by atoms with E-state index in [1.165, 1.54) is 39.1 Å². The van der Waals surface area contributed by atoms with E-state index in [1.54, 1.807) is 0 Å². The second-order valence-corrected chi connectivity index (χ2v) is 7.90. The topological polar surface area (TPSA) is 3.24 Å². The Hall–Kier alpha value is -4.10. The van der Waals surface area contributed by atoms with E-state index >= 15 is 0 Å². The minimum atomic E-state index is 1.16. The minimum Gasteiger partial charge on any atom is -0.344 e. The number of hydrogen-bond donors (Lipinski definition) is 0. The molecule has 0 heterocycles. The molecule has 0 aliphatic carbocycles. The molecule has 0 aliphatic rings. The molecule has 0 amide bonds. The van der Waals surface area contributed by atoms with Crippen molar-refractivity contribution in [3.05, 3.63) is 133 Å². The molecule has 0 saturated heterocycles. The molecule has 0 atom stereocenters. The van der Waals surface area contributed by atoms with Crippen molar-refractivity contribution < 1.29 is 0 Å². The zero-order valence-corrected chi connectivity index (χ0v) is 18.1. The molecule has 0 N–H and O–H groups in total. The van der Waals surface area contributed by atoms with E-state index in [9.17, 15) is 0 Å². The second-order valence-electron chi connectivity index (χ2n) is 7.90. The Morgan fingerprint density at radius 3 is 1.47 bits per heavy atom. The Morgan fingerprint density at radius 1 is 0.406 bits per heavy atom. The summed E-state index contributed by atoms with van der Waals surface area (Å²) in [4.78, 5) is 2.28. The van der Waals surface area contributed by atoms with Crippen molar-refractivity contribution in [2.45, 2.75) is 0 Å². The van der Waals surface area contributed by atoms with Crippen molar-refractivity contribution >= 4 is 11.4 Å². The van der Waals surface area contributed by atoms with Gasteiger partial charge < -0.3 is 4.90 Å². The van der Waals surface area contributed by atoms with Crippen molar-refractivity contribution in [1.82, 2.24) is 0 Å². The van der Waals surface area contributed by atoms with Crippen LogP contribution in [0.2, 0.25) is 0 Å². The highest BCUT2D eigenvalue weighted by atomic mass is 15.1. The van der Waals surface area contributed by atoms with Gasteiger partial charge in [-0.05, 0) is 46.0 Å². The summed E-state index contributed by atoms with van der Waals surface area (Å²) in [5, 5.41) is 0. The standard InChI is InChI=1S/C31H25N/c1-32(31-20-12-11-19-29(31)25-15-7-3-8-16-25)27-21-22-28(24-13-5-2-6-14-24)30(23-27)26-17-9-4-10-18-26/h2-23H,1H3. The average Bonchev–Trinajstić information content (AvgIpc) is 2.89. The monoisotopic (exact) mass is 411 g/mol. The summed E-state index contributed by atoms with van der Waals surface area (Å²) in [6, 6.07) is 47.2. The molecule has 0 aliphatic heterocycles. The highest BCUT2D eigenvalue weighted by molar-refractivity contribution is 5.88. The third kappa shape index (κ3) is 3.93. The van der Waals surface area contributed by atoms with Crippen LogP contribution in [0.15, 0.2) is 133 Å². The lowest BCUT2D eigenvalue weighted by Crippen LogP contribution is -2.11. The van der Waals surface area contributed by atoms with Crippen molar-refractivity contribution in [3.63, 3.8) is 0 Å².